The third-order valence-corrected chi connectivity index (χ3v) is 6.42. The topological polar surface area (TPSA) is 84.9 Å². The van der Waals surface area contributed by atoms with E-state index in [0.29, 0.717) is 31.9 Å². The summed E-state index contributed by atoms with van der Waals surface area (Å²) in [4.78, 5) is 12.4. The predicted octanol–water partition coefficient (Wildman–Crippen LogP) is 2.58. The summed E-state index contributed by atoms with van der Waals surface area (Å²) in [5, 5.41) is 2.68. The zero-order valence-corrected chi connectivity index (χ0v) is 17.2. The summed E-state index contributed by atoms with van der Waals surface area (Å²) in [5.41, 5.74) is 0.949. The van der Waals surface area contributed by atoms with E-state index in [1.165, 1.54) is 40.7 Å². The van der Waals surface area contributed by atoms with Crippen LogP contribution in [0.25, 0.3) is 0 Å². The van der Waals surface area contributed by atoms with Crippen LogP contribution in [0.1, 0.15) is 15.9 Å². The maximum absolute atomic E-state index is 12.6. The van der Waals surface area contributed by atoms with Gasteiger partial charge in [0.05, 0.1) is 18.1 Å². The molecule has 1 fully saturated rings. The Kier molecular flexibility index (Phi) is 7.19. The first-order valence-corrected chi connectivity index (χ1v) is 10.8. The van der Waals surface area contributed by atoms with E-state index in [0.717, 1.165) is 0 Å². The number of hydrogen-bond donors (Lipinski definition) is 1. The number of nitrogens with one attached hydrogen (secondary N) is 1. The van der Waals surface area contributed by atoms with Gasteiger partial charge in [0.15, 0.2) is 6.61 Å². The largest absolute Gasteiger partial charge is 0.484 e. The molecule has 1 aliphatic rings. The van der Waals surface area contributed by atoms with Crippen LogP contribution in [0.15, 0.2) is 53.4 Å². The highest BCUT2D eigenvalue weighted by molar-refractivity contribution is 7.89. The Hall–Kier alpha value is -2.63. The normalized spacial score (nSPS) is 15.5. The van der Waals surface area contributed by atoms with Crippen molar-refractivity contribution in [3.8, 4) is 5.75 Å². The van der Waals surface area contributed by atoms with Crippen LogP contribution >= 0.6 is 0 Å². The quantitative estimate of drug-likeness (QED) is 0.690. The van der Waals surface area contributed by atoms with E-state index >= 15 is 0 Å². The van der Waals surface area contributed by atoms with E-state index in [1.54, 1.807) is 12.1 Å². The van der Waals surface area contributed by atoms with Gasteiger partial charge in [-0.1, -0.05) is 12.1 Å². The Morgan fingerprint density at radius 1 is 1.03 bits per heavy atom. The van der Waals surface area contributed by atoms with Crippen molar-refractivity contribution in [2.24, 2.45) is 0 Å². The van der Waals surface area contributed by atoms with Gasteiger partial charge in [0.25, 0.3) is 5.91 Å². The third kappa shape index (κ3) is 6.42. The number of hydrogen-bond acceptors (Lipinski definition) is 5. The molecule has 1 amide bonds. The van der Waals surface area contributed by atoms with Crippen LogP contribution in [-0.2, 0) is 21.3 Å². The van der Waals surface area contributed by atoms with Gasteiger partial charge < -0.3 is 14.8 Å². The van der Waals surface area contributed by atoms with Gasteiger partial charge in [0, 0.05) is 25.2 Å². The summed E-state index contributed by atoms with van der Waals surface area (Å²) in [6.07, 6.45) is -4.44. The summed E-state index contributed by atoms with van der Waals surface area (Å²) < 4.78 is 72.9. The summed E-state index contributed by atoms with van der Waals surface area (Å²) in [6, 6.07) is 11.5. The van der Waals surface area contributed by atoms with Crippen molar-refractivity contribution in [2.45, 2.75) is 17.6 Å². The van der Waals surface area contributed by atoms with E-state index < -0.39 is 28.7 Å². The molecule has 1 N–H and O–H groups in total. The van der Waals surface area contributed by atoms with Gasteiger partial charge >= 0.3 is 6.18 Å². The number of benzene rings is 2. The van der Waals surface area contributed by atoms with Gasteiger partial charge in [-0.05, 0) is 42.0 Å². The molecule has 1 saturated heterocycles. The molecule has 0 saturated carbocycles. The molecule has 11 heteroatoms. The molecule has 1 heterocycles. The molecule has 0 aromatic heterocycles. The highest BCUT2D eigenvalue weighted by Gasteiger charge is 2.28. The lowest BCUT2D eigenvalue weighted by Gasteiger charge is -2.26. The number of nitrogens with zero attached hydrogens (tertiary/aromatic N) is 1. The van der Waals surface area contributed by atoms with Gasteiger partial charge in [-0.2, -0.15) is 17.5 Å². The molecule has 7 nitrogen and oxygen atoms in total. The van der Waals surface area contributed by atoms with Gasteiger partial charge in [0.1, 0.15) is 5.75 Å². The van der Waals surface area contributed by atoms with Gasteiger partial charge in [0.2, 0.25) is 10.0 Å². The minimum absolute atomic E-state index is 0.00550. The lowest BCUT2D eigenvalue weighted by Crippen LogP contribution is -2.40. The fourth-order valence-corrected chi connectivity index (χ4v) is 4.28. The first kappa shape index (κ1) is 23.0. The number of alkyl halides is 3. The third-order valence-electron chi connectivity index (χ3n) is 4.50. The Morgan fingerprint density at radius 3 is 2.23 bits per heavy atom. The number of halogens is 3. The molecule has 2 aromatic rings. The molecule has 0 spiro atoms. The number of morpholine rings is 1. The second kappa shape index (κ2) is 9.67. The van der Waals surface area contributed by atoms with Gasteiger partial charge in [-0.25, -0.2) is 8.42 Å². The molecule has 2 aromatic carbocycles. The molecular formula is C20H21F3N2O5S. The van der Waals surface area contributed by atoms with Crippen LogP contribution in [-0.4, -0.2) is 57.7 Å². The molecule has 0 radical (unpaired) electrons. The van der Waals surface area contributed by atoms with Gasteiger partial charge in [-0.15, -0.1) is 0 Å². The number of ether oxygens (including phenoxy) is 2. The molecule has 0 aliphatic carbocycles. The molecular weight excluding hydrogens is 437 g/mol. The fourth-order valence-electron chi connectivity index (χ4n) is 2.87. The molecule has 1 aliphatic heterocycles. The lowest BCUT2D eigenvalue weighted by molar-refractivity contribution is -0.153. The monoisotopic (exact) mass is 458 g/mol. The zero-order chi connectivity index (χ0) is 22.5. The van der Waals surface area contributed by atoms with Gasteiger partial charge in [-0.3, -0.25) is 4.79 Å². The van der Waals surface area contributed by atoms with Crippen molar-refractivity contribution in [2.75, 3.05) is 32.9 Å². The Bertz CT molecular complexity index is 987. The molecule has 31 heavy (non-hydrogen) atoms. The number of rotatable bonds is 7. The van der Waals surface area contributed by atoms with Crippen LogP contribution < -0.4 is 10.1 Å². The van der Waals surface area contributed by atoms with E-state index in [1.807, 2.05) is 0 Å². The van der Waals surface area contributed by atoms with Crippen LogP contribution in [0.2, 0.25) is 0 Å². The minimum atomic E-state index is -4.44. The molecule has 168 valence electrons. The zero-order valence-electron chi connectivity index (χ0n) is 16.4. The van der Waals surface area contributed by atoms with Crippen molar-refractivity contribution in [1.82, 2.24) is 9.62 Å². The van der Waals surface area contributed by atoms with E-state index in [-0.39, 0.29) is 22.8 Å². The lowest BCUT2D eigenvalue weighted by atomic mass is 10.2. The minimum Gasteiger partial charge on any atom is -0.484 e. The smallest absolute Gasteiger partial charge is 0.422 e. The van der Waals surface area contributed by atoms with Crippen LogP contribution in [0, 0.1) is 0 Å². The van der Waals surface area contributed by atoms with Crippen molar-refractivity contribution in [1.29, 1.82) is 0 Å². The van der Waals surface area contributed by atoms with E-state index in [2.05, 4.69) is 10.1 Å². The average molecular weight is 458 g/mol. The standard InChI is InChI=1S/C20H21F3N2O5S/c21-20(22,23)14-30-17-5-3-16(4-6-17)19(26)24-13-15-1-7-18(8-2-15)31(27,28)25-9-11-29-12-10-25/h1-8H,9-14H2,(H,24,26). The highest BCUT2D eigenvalue weighted by Crippen LogP contribution is 2.20. The summed E-state index contributed by atoms with van der Waals surface area (Å²) in [5.74, 6) is -0.418. The first-order valence-electron chi connectivity index (χ1n) is 9.40. The maximum atomic E-state index is 12.6. The molecule has 0 atom stereocenters. The fraction of sp³-hybridized carbons (Fsp3) is 0.350. The number of carbonyl (C=O) groups is 1. The Morgan fingerprint density at radius 2 is 1.65 bits per heavy atom. The molecule has 0 bridgehead atoms. The Labute approximate surface area is 177 Å². The molecule has 3 rings (SSSR count). The van der Waals surface area contributed by atoms with Crippen LogP contribution in [0.4, 0.5) is 13.2 Å². The van der Waals surface area contributed by atoms with Crippen molar-refractivity contribution in [3.63, 3.8) is 0 Å². The maximum Gasteiger partial charge on any atom is 0.422 e. The SMILES string of the molecule is O=C(NCc1ccc(S(=O)(=O)N2CCOCC2)cc1)c1ccc(OCC(F)(F)F)cc1. The highest BCUT2D eigenvalue weighted by atomic mass is 32.2. The Balaban J connectivity index is 1.54. The molecule has 0 unspecified atom stereocenters. The van der Waals surface area contributed by atoms with Crippen LogP contribution in [0.3, 0.4) is 0 Å². The summed E-state index contributed by atoms with van der Waals surface area (Å²) in [6.45, 7) is 0.0801. The van der Waals surface area contributed by atoms with E-state index in [4.69, 9.17) is 4.74 Å². The van der Waals surface area contributed by atoms with Crippen LogP contribution in [0.5, 0.6) is 5.75 Å². The second-order valence-corrected chi connectivity index (χ2v) is 8.71. The number of amides is 1. The average Bonchev–Trinajstić information content (AvgIpc) is 2.77. The number of carbonyl (C=O) groups excluding carboxylic acids is 1. The van der Waals surface area contributed by atoms with Crippen molar-refractivity contribution in [3.05, 3.63) is 59.7 Å². The van der Waals surface area contributed by atoms with E-state index in [9.17, 15) is 26.4 Å². The number of sulfonamides is 1. The summed E-state index contributed by atoms with van der Waals surface area (Å²) in [7, 11) is -3.59. The summed E-state index contributed by atoms with van der Waals surface area (Å²) >= 11 is 0. The first-order chi connectivity index (χ1) is 14.6. The second-order valence-electron chi connectivity index (χ2n) is 6.77. The van der Waals surface area contributed by atoms with Crippen molar-refractivity contribution >= 4 is 15.9 Å². The predicted molar refractivity (Wildman–Crippen MR) is 105 cm³/mol. The van der Waals surface area contributed by atoms with Crippen molar-refractivity contribution < 1.29 is 35.9 Å².